The molecule has 0 unspecified atom stereocenters. The van der Waals surface area contributed by atoms with Gasteiger partial charge < -0.3 is 15.8 Å². The van der Waals surface area contributed by atoms with Crippen molar-refractivity contribution in [2.45, 2.75) is 25.8 Å². The Morgan fingerprint density at radius 2 is 2.12 bits per heavy atom. The molecule has 0 atom stereocenters. The van der Waals surface area contributed by atoms with Crippen LogP contribution in [-0.4, -0.2) is 25.2 Å². The third kappa shape index (κ3) is 2.97. The lowest BCUT2D eigenvalue weighted by Gasteiger charge is -2.23. The zero-order chi connectivity index (χ0) is 12.3. The highest BCUT2D eigenvalue weighted by Crippen LogP contribution is 2.15. The van der Waals surface area contributed by atoms with E-state index in [0.29, 0.717) is 24.5 Å². The number of aryl methyl sites for hydroxylation is 1. The van der Waals surface area contributed by atoms with Crippen LogP contribution in [-0.2, 0) is 4.74 Å². The molecular weight excluding hydrogens is 216 g/mol. The monoisotopic (exact) mass is 234 g/mol. The molecule has 0 bridgehead atoms. The smallest absolute Gasteiger partial charge is 0.253 e. The van der Waals surface area contributed by atoms with Crippen molar-refractivity contribution < 1.29 is 9.53 Å². The fraction of sp³-hybridized carbons (Fsp3) is 0.462. The molecule has 92 valence electrons. The minimum absolute atomic E-state index is 0.0851. The highest BCUT2D eigenvalue weighted by atomic mass is 16.5. The number of anilines is 1. The third-order valence-corrected chi connectivity index (χ3v) is 3.01. The maximum atomic E-state index is 12.1. The van der Waals surface area contributed by atoms with Crippen LogP contribution >= 0.6 is 0 Å². The number of hydrogen-bond donors (Lipinski definition) is 2. The minimum Gasteiger partial charge on any atom is -0.398 e. The maximum absolute atomic E-state index is 12.1. The lowest BCUT2D eigenvalue weighted by molar-refractivity contribution is 0.0697. The molecular formula is C13H18N2O2. The summed E-state index contributed by atoms with van der Waals surface area (Å²) in [5.74, 6) is -0.0851. The molecule has 0 aliphatic carbocycles. The van der Waals surface area contributed by atoms with Crippen molar-refractivity contribution in [3.8, 4) is 0 Å². The number of carbonyl (C=O) groups excluding carboxylic acids is 1. The fourth-order valence-corrected chi connectivity index (χ4v) is 1.97. The van der Waals surface area contributed by atoms with E-state index in [1.807, 2.05) is 19.1 Å². The van der Waals surface area contributed by atoms with Gasteiger partial charge in [-0.05, 0) is 31.9 Å². The van der Waals surface area contributed by atoms with Gasteiger partial charge in [0.2, 0.25) is 0 Å². The summed E-state index contributed by atoms with van der Waals surface area (Å²) in [6, 6.07) is 5.70. The number of amides is 1. The van der Waals surface area contributed by atoms with E-state index in [1.54, 1.807) is 6.07 Å². The third-order valence-electron chi connectivity index (χ3n) is 3.01. The molecule has 0 spiro atoms. The first kappa shape index (κ1) is 11.9. The van der Waals surface area contributed by atoms with Gasteiger partial charge >= 0.3 is 0 Å². The minimum atomic E-state index is -0.0851. The van der Waals surface area contributed by atoms with Crippen molar-refractivity contribution in [3.05, 3.63) is 29.3 Å². The van der Waals surface area contributed by atoms with Crippen LogP contribution in [0.3, 0.4) is 0 Å². The van der Waals surface area contributed by atoms with Gasteiger partial charge in [0.25, 0.3) is 5.91 Å². The topological polar surface area (TPSA) is 64.4 Å². The van der Waals surface area contributed by atoms with Gasteiger partial charge in [-0.1, -0.05) is 11.6 Å². The summed E-state index contributed by atoms with van der Waals surface area (Å²) in [4.78, 5) is 12.1. The normalized spacial score (nSPS) is 16.8. The summed E-state index contributed by atoms with van der Waals surface area (Å²) in [6.45, 7) is 3.38. The maximum Gasteiger partial charge on any atom is 0.253 e. The summed E-state index contributed by atoms with van der Waals surface area (Å²) in [5.41, 5.74) is 7.94. The molecule has 4 heteroatoms. The second-order valence-electron chi connectivity index (χ2n) is 4.45. The first-order valence-corrected chi connectivity index (χ1v) is 5.91. The van der Waals surface area contributed by atoms with Crippen molar-refractivity contribution in [2.24, 2.45) is 0 Å². The second kappa shape index (κ2) is 5.19. The number of nitrogen functional groups attached to an aromatic ring is 1. The largest absolute Gasteiger partial charge is 0.398 e. The van der Waals surface area contributed by atoms with Gasteiger partial charge in [-0.3, -0.25) is 4.79 Å². The van der Waals surface area contributed by atoms with E-state index in [2.05, 4.69) is 5.32 Å². The number of hydrogen-bond acceptors (Lipinski definition) is 3. The number of ether oxygens (including phenoxy) is 1. The predicted octanol–water partition coefficient (Wildman–Crippen LogP) is 1.49. The van der Waals surface area contributed by atoms with E-state index in [0.717, 1.165) is 18.4 Å². The predicted molar refractivity (Wildman–Crippen MR) is 66.9 cm³/mol. The van der Waals surface area contributed by atoms with Crippen LogP contribution in [0.1, 0.15) is 28.8 Å². The highest BCUT2D eigenvalue weighted by molar-refractivity contribution is 5.99. The van der Waals surface area contributed by atoms with Gasteiger partial charge in [0.15, 0.2) is 0 Å². The van der Waals surface area contributed by atoms with Gasteiger partial charge in [0.1, 0.15) is 0 Å². The van der Waals surface area contributed by atoms with E-state index in [4.69, 9.17) is 10.5 Å². The highest BCUT2D eigenvalue weighted by Gasteiger charge is 2.18. The average molecular weight is 234 g/mol. The molecule has 0 aromatic heterocycles. The van der Waals surface area contributed by atoms with Gasteiger partial charge in [0.05, 0.1) is 5.56 Å². The van der Waals surface area contributed by atoms with Gasteiger partial charge in [0, 0.05) is 24.9 Å². The van der Waals surface area contributed by atoms with E-state index < -0.39 is 0 Å². The van der Waals surface area contributed by atoms with Gasteiger partial charge in [-0.2, -0.15) is 0 Å². The van der Waals surface area contributed by atoms with Crippen molar-refractivity contribution in [3.63, 3.8) is 0 Å². The SMILES string of the molecule is Cc1ccc(N)c(C(=O)NC2CCOCC2)c1. The lowest BCUT2D eigenvalue weighted by atomic mass is 10.1. The Morgan fingerprint density at radius 1 is 1.41 bits per heavy atom. The van der Waals surface area contributed by atoms with Crippen LogP contribution in [0.2, 0.25) is 0 Å². The number of rotatable bonds is 2. The Labute approximate surface area is 101 Å². The molecule has 0 saturated carbocycles. The Morgan fingerprint density at radius 3 is 2.82 bits per heavy atom. The van der Waals surface area contributed by atoms with Crippen LogP contribution < -0.4 is 11.1 Å². The number of carbonyl (C=O) groups is 1. The summed E-state index contributed by atoms with van der Waals surface area (Å²) in [5, 5.41) is 3.00. The quantitative estimate of drug-likeness (QED) is 0.762. The molecule has 1 aromatic carbocycles. The number of nitrogens with one attached hydrogen (secondary N) is 1. The summed E-state index contributed by atoms with van der Waals surface area (Å²) in [6.07, 6.45) is 1.74. The molecule has 1 aliphatic rings. The first-order chi connectivity index (χ1) is 8.16. The van der Waals surface area contributed by atoms with Crippen LogP contribution in [0.5, 0.6) is 0 Å². The molecule has 1 fully saturated rings. The zero-order valence-corrected chi connectivity index (χ0v) is 10.0. The van der Waals surface area contributed by atoms with Crippen LogP contribution in [0.15, 0.2) is 18.2 Å². The lowest BCUT2D eigenvalue weighted by Crippen LogP contribution is -2.39. The Kier molecular flexibility index (Phi) is 3.64. The molecule has 1 heterocycles. The van der Waals surface area contributed by atoms with Crippen molar-refractivity contribution in [1.29, 1.82) is 0 Å². The molecule has 1 aromatic rings. The van der Waals surface area contributed by atoms with Crippen molar-refractivity contribution in [1.82, 2.24) is 5.32 Å². The van der Waals surface area contributed by atoms with Crippen LogP contribution in [0.4, 0.5) is 5.69 Å². The summed E-state index contributed by atoms with van der Waals surface area (Å²) >= 11 is 0. The Bertz CT molecular complexity index is 412. The van der Waals surface area contributed by atoms with E-state index in [9.17, 15) is 4.79 Å². The molecule has 1 aliphatic heterocycles. The zero-order valence-electron chi connectivity index (χ0n) is 10.0. The van der Waals surface area contributed by atoms with E-state index in [-0.39, 0.29) is 11.9 Å². The standard InChI is InChI=1S/C13H18N2O2/c1-9-2-3-12(14)11(8-9)13(16)15-10-4-6-17-7-5-10/h2-3,8,10H,4-7,14H2,1H3,(H,15,16). The molecule has 4 nitrogen and oxygen atoms in total. The van der Waals surface area contributed by atoms with Gasteiger partial charge in [-0.15, -0.1) is 0 Å². The number of benzene rings is 1. The molecule has 2 rings (SSSR count). The van der Waals surface area contributed by atoms with Crippen molar-refractivity contribution >= 4 is 11.6 Å². The summed E-state index contributed by atoms with van der Waals surface area (Å²) in [7, 11) is 0. The molecule has 17 heavy (non-hydrogen) atoms. The first-order valence-electron chi connectivity index (χ1n) is 5.91. The summed E-state index contributed by atoms with van der Waals surface area (Å²) < 4.78 is 5.25. The van der Waals surface area contributed by atoms with Crippen LogP contribution in [0.25, 0.3) is 0 Å². The average Bonchev–Trinajstić information content (AvgIpc) is 2.33. The van der Waals surface area contributed by atoms with E-state index >= 15 is 0 Å². The number of nitrogens with two attached hydrogens (primary N) is 1. The van der Waals surface area contributed by atoms with E-state index in [1.165, 1.54) is 0 Å². The molecule has 1 saturated heterocycles. The molecule has 0 radical (unpaired) electrons. The Hall–Kier alpha value is -1.55. The fourth-order valence-electron chi connectivity index (χ4n) is 1.97. The van der Waals surface area contributed by atoms with Gasteiger partial charge in [-0.25, -0.2) is 0 Å². The molecule has 3 N–H and O–H groups in total. The van der Waals surface area contributed by atoms with Crippen LogP contribution in [0, 0.1) is 6.92 Å². The Balaban J connectivity index is 2.05. The molecule has 1 amide bonds. The van der Waals surface area contributed by atoms with Crippen molar-refractivity contribution in [2.75, 3.05) is 18.9 Å². The second-order valence-corrected chi connectivity index (χ2v) is 4.45.